The molecule has 0 aromatic heterocycles. The van der Waals surface area contributed by atoms with E-state index < -0.39 is 57.8 Å². The molecule has 0 aliphatic carbocycles. The molecule has 0 radical (unpaired) electrons. The van der Waals surface area contributed by atoms with Gasteiger partial charge in [-0.2, -0.15) is 0 Å². The van der Waals surface area contributed by atoms with E-state index in [2.05, 4.69) is 130 Å². The lowest BCUT2D eigenvalue weighted by atomic mass is 10.1. The second-order valence-electron chi connectivity index (χ2n) is 20.1. The fourth-order valence-electron chi connectivity index (χ4n) is 8.04. The summed E-state index contributed by atoms with van der Waals surface area (Å²) in [6.45, 7) is 4.35. The smallest absolute Gasteiger partial charge is 0.462 e. The van der Waals surface area contributed by atoms with Gasteiger partial charge in [-0.05, 0) is 122 Å². The largest absolute Gasteiger partial charge is 0.472 e. The molecule has 0 rings (SSSR count). The van der Waals surface area contributed by atoms with Gasteiger partial charge in [0.2, 0.25) is 0 Å². The number of rotatable bonds is 56. The minimum Gasteiger partial charge on any atom is -0.462 e. The highest BCUT2D eigenvalue weighted by atomic mass is 31.2. The van der Waals surface area contributed by atoms with Crippen LogP contribution in [0.1, 0.15) is 252 Å². The van der Waals surface area contributed by atoms with Crippen LogP contribution in [0.5, 0.6) is 0 Å². The van der Waals surface area contributed by atoms with E-state index in [0.717, 1.165) is 135 Å². The first-order valence-electron chi connectivity index (χ1n) is 30.8. The van der Waals surface area contributed by atoms with Crippen LogP contribution < -0.4 is 0 Å². The molecule has 78 heavy (non-hydrogen) atoms. The Morgan fingerprint density at radius 3 is 1.04 bits per heavy atom. The average Bonchev–Trinajstić information content (AvgIpc) is 3.43. The van der Waals surface area contributed by atoms with Crippen LogP contribution in [0.15, 0.2) is 109 Å². The first-order valence-corrected chi connectivity index (χ1v) is 32.3. The number of allylic oxidation sites excluding steroid dienone is 18. The number of phosphoric acid groups is 1. The molecule has 0 fully saturated rings. The van der Waals surface area contributed by atoms with Crippen molar-refractivity contribution in [3.05, 3.63) is 109 Å². The van der Waals surface area contributed by atoms with Gasteiger partial charge in [0.25, 0.3) is 0 Å². The van der Waals surface area contributed by atoms with Gasteiger partial charge in [-0.15, -0.1) is 0 Å². The van der Waals surface area contributed by atoms with Crippen molar-refractivity contribution in [2.45, 2.75) is 264 Å². The molecule has 0 amide bonds. The number of carbonyl (C=O) groups excluding carboxylic acids is 3. The van der Waals surface area contributed by atoms with Gasteiger partial charge in [0, 0.05) is 19.3 Å². The van der Waals surface area contributed by atoms with Crippen LogP contribution in [0, 0.1) is 0 Å². The summed E-state index contributed by atoms with van der Waals surface area (Å²) >= 11 is 0. The van der Waals surface area contributed by atoms with Gasteiger partial charge in [0.15, 0.2) is 6.10 Å². The van der Waals surface area contributed by atoms with Crippen molar-refractivity contribution in [3.8, 4) is 0 Å². The predicted octanol–water partition coefficient (Wildman–Crippen LogP) is 18.6. The SMILES string of the molecule is CC/C=C\C/C=C\C/C=C\C/C=C\CCCCCCCCC(=O)OC(COC(=O)CCCCCCCCCCC/C=C\C/C=C\CCCCC)COP(=O)(O)OCC(CO)OC(=O)CCCCC/C=C\C/C=C\C/C=C\CC. The van der Waals surface area contributed by atoms with Crippen LogP contribution >= 0.6 is 7.82 Å². The Balaban J connectivity index is 4.78. The summed E-state index contributed by atoms with van der Waals surface area (Å²) in [4.78, 5) is 48.7. The lowest BCUT2D eigenvalue weighted by Gasteiger charge is -2.21. The predicted molar refractivity (Wildman–Crippen MR) is 325 cm³/mol. The highest BCUT2D eigenvalue weighted by Gasteiger charge is 2.28. The lowest BCUT2D eigenvalue weighted by Crippen LogP contribution is -2.30. The van der Waals surface area contributed by atoms with E-state index in [1.807, 2.05) is 0 Å². The Kier molecular flexibility index (Phi) is 56.3. The fourth-order valence-corrected chi connectivity index (χ4v) is 8.82. The number of hydrogen-bond acceptors (Lipinski definition) is 10. The Labute approximate surface area is 475 Å². The second-order valence-corrected chi connectivity index (χ2v) is 21.6. The van der Waals surface area contributed by atoms with Crippen molar-refractivity contribution in [2.75, 3.05) is 26.4 Å². The fraction of sp³-hybridized carbons (Fsp3) is 0.682. The van der Waals surface area contributed by atoms with Crippen molar-refractivity contribution in [3.63, 3.8) is 0 Å². The number of carbonyl (C=O) groups is 3. The zero-order valence-corrected chi connectivity index (χ0v) is 50.2. The second kappa shape index (κ2) is 59.3. The van der Waals surface area contributed by atoms with Crippen molar-refractivity contribution in [1.82, 2.24) is 0 Å². The topological polar surface area (TPSA) is 155 Å². The molecule has 3 unspecified atom stereocenters. The van der Waals surface area contributed by atoms with E-state index in [1.54, 1.807) is 0 Å². The van der Waals surface area contributed by atoms with Crippen LogP contribution in [-0.2, 0) is 42.2 Å². The quantitative estimate of drug-likeness (QED) is 0.0197. The molecule has 11 nitrogen and oxygen atoms in total. The zero-order valence-electron chi connectivity index (χ0n) is 49.3. The minimum absolute atomic E-state index is 0.136. The minimum atomic E-state index is -4.77. The maximum absolute atomic E-state index is 12.9. The molecule has 3 atom stereocenters. The van der Waals surface area contributed by atoms with E-state index in [1.165, 1.54) is 57.8 Å². The van der Waals surface area contributed by atoms with Crippen molar-refractivity contribution < 1.29 is 52.2 Å². The number of unbranched alkanes of at least 4 members (excludes halogenated alkanes) is 21. The molecule has 0 saturated carbocycles. The Morgan fingerprint density at radius 1 is 0.372 bits per heavy atom. The first-order chi connectivity index (χ1) is 38.2. The van der Waals surface area contributed by atoms with E-state index >= 15 is 0 Å². The molecule has 0 heterocycles. The maximum Gasteiger partial charge on any atom is 0.472 e. The summed E-state index contributed by atoms with van der Waals surface area (Å²) in [6.07, 6.45) is 71.8. The Morgan fingerprint density at radius 2 is 0.667 bits per heavy atom. The maximum atomic E-state index is 12.9. The molecule has 0 aliphatic rings. The van der Waals surface area contributed by atoms with Gasteiger partial charge >= 0.3 is 25.7 Å². The monoisotopic (exact) mass is 1110 g/mol. The van der Waals surface area contributed by atoms with Gasteiger partial charge in [-0.25, -0.2) is 4.57 Å². The van der Waals surface area contributed by atoms with Gasteiger partial charge < -0.3 is 24.2 Å². The number of aliphatic hydroxyl groups excluding tert-OH is 1. The molecule has 12 heteroatoms. The van der Waals surface area contributed by atoms with Crippen LogP contribution in [0.3, 0.4) is 0 Å². The van der Waals surface area contributed by atoms with E-state index in [4.69, 9.17) is 23.3 Å². The van der Waals surface area contributed by atoms with E-state index in [9.17, 15) is 28.9 Å². The first kappa shape index (κ1) is 74.1. The summed E-state index contributed by atoms with van der Waals surface area (Å²) in [5, 5.41) is 9.82. The van der Waals surface area contributed by atoms with Gasteiger partial charge in [-0.3, -0.25) is 23.4 Å². The van der Waals surface area contributed by atoms with E-state index in [0.29, 0.717) is 19.3 Å². The van der Waals surface area contributed by atoms with Crippen molar-refractivity contribution in [1.29, 1.82) is 0 Å². The number of ether oxygens (including phenoxy) is 3. The molecular weight excluding hydrogens is 1000 g/mol. The van der Waals surface area contributed by atoms with Crippen LogP contribution in [-0.4, -0.2) is 66.5 Å². The van der Waals surface area contributed by atoms with Gasteiger partial charge in [0.1, 0.15) is 12.7 Å². The standard InChI is InChI=1S/C66H111O11P/c1-4-7-10-13-16-19-22-25-27-29-31-33-35-38-40-43-46-49-52-55-64(68)73-59-63(77-66(70)57-54-51-48-45-42-39-36-34-32-30-28-26-23-20-17-14-11-8-5-2)61-75-78(71,72)74-60-62(58-67)76-65(69)56-53-50-47-44-41-37-24-21-18-15-12-9-6-3/h8-9,11-12,16-21,25-28,32,34,37,41,62-63,67H,4-7,10,13-15,22-24,29-31,33,35-36,38-40,42-61H2,1-3H3,(H,71,72)/b11-8-,12-9-,19-16-,20-17-,21-18-,27-25-,28-26-,34-32-,41-37-. The van der Waals surface area contributed by atoms with Crippen LogP contribution in [0.2, 0.25) is 0 Å². The molecule has 0 aromatic rings. The highest BCUT2D eigenvalue weighted by molar-refractivity contribution is 7.47. The summed E-state index contributed by atoms with van der Waals surface area (Å²) in [6, 6.07) is 0. The summed E-state index contributed by atoms with van der Waals surface area (Å²) in [5.74, 6) is -1.52. The van der Waals surface area contributed by atoms with Gasteiger partial charge in [0.05, 0.1) is 19.8 Å². The molecule has 0 bridgehead atoms. The number of hydrogen-bond donors (Lipinski definition) is 2. The lowest BCUT2D eigenvalue weighted by molar-refractivity contribution is -0.161. The average molecular weight is 1110 g/mol. The molecule has 0 spiro atoms. The molecule has 2 N–H and O–H groups in total. The number of phosphoric ester groups is 1. The highest BCUT2D eigenvalue weighted by Crippen LogP contribution is 2.43. The summed E-state index contributed by atoms with van der Waals surface area (Å²) in [7, 11) is -4.77. The number of esters is 3. The summed E-state index contributed by atoms with van der Waals surface area (Å²) < 4.78 is 39.6. The summed E-state index contributed by atoms with van der Waals surface area (Å²) in [5.41, 5.74) is 0. The molecule has 0 saturated heterocycles. The molecule has 446 valence electrons. The third-order valence-electron chi connectivity index (χ3n) is 12.7. The molecular formula is C66H111O11P. The van der Waals surface area contributed by atoms with E-state index in [-0.39, 0.29) is 25.9 Å². The number of aliphatic hydroxyl groups is 1. The Bertz CT molecular complexity index is 1720. The van der Waals surface area contributed by atoms with Gasteiger partial charge in [-0.1, -0.05) is 220 Å². The normalized spacial score (nSPS) is 14.1. The van der Waals surface area contributed by atoms with Crippen molar-refractivity contribution in [2.24, 2.45) is 0 Å². The van der Waals surface area contributed by atoms with Crippen LogP contribution in [0.4, 0.5) is 0 Å². The third-order valence-corrected chi connectivity index (χ3v) is 13.6. The van der Waals surface area contributed by atoms with Crippen LogP contribution in [0.25, 0.3) is 0 Å². The van der Waals surface area contributed by atoms with Crippen molar-refractivity contribution >= 4 is 25.7 Å². The molecule has 0 aromatic carbocycles. The third kappa shape index (κ3) is 56.8. The zero-order chi connectivity index (χ0) is 56.9. The molecule has 0 aliphatic heterocycles. The Hall–Kier alpha value is -3.86.